The van der Waals surface area contributed by atoms with Gasteiger partial charge < -0.3 is 10.5 Å². The summed E-state index contributed by atoms with van der Waals surface area (Å²) in [6, 6.07) is 8.25. The van der Waals surface area contributed by atoms with Crippen molar-refractivity contribution in [2.24, 2.45) is 11.7 Å². The Morgan fingerprint density at radius 3 is 2.06 bits per heavy atom. The molecule has 2 atom stereocenters. The molecule has 104 valence electrons. The minimum atomic E-state index is -0.152. The Balaban J connectivity index is 0.00000289. The van der Waals surface area contributed by atoms with E-state index in [4.69, 9.17) is 10.5 Å². The number of benzene rings is 1. The van der Waals surface area contributed by atoms with Gasteiger partial charge in [-0.3, -0.25) is 0 Å². The summed E-state index contributed by atoms with van der Waals surface area (Å²) in [4.78, 5) is 0. The first-order valence-electron chi connectivity index (χ1n) is 6.38. The molecular formula is C15H26ClNO. The Hall–Kier alpha value is -0.730. The van der Waals surface area contributed by atoms with Crippen LogP contribution in [0.15, 0.2) is 24.3 Å². The van der Waals surface area contributed by atoms with Gasteiger partial charge in [-0.2, -0.15) is 0 Å². The van der Waals surface area contributed by atoms with Crippen molar-refractivity contribution in [1.82, 2.24) is 0 Å². The Labute approximate surface area is 117 Å². The van der Waals surface area contributed by atoms with Gasteiger partial charge in [-0.25, -0.2) is 0 Å². The summed E-state index contributed by atoms with van der Waals surface area (Å²) in [6.45, 7) is 10.5. The fourth-order valence-corrected chi connectivity index (χ4v) is 1.69. The zero-order valence-electron chi connectivity index (χ0n) is 12.1. The number of rotatable bonds is 4. The standard InChI is InChI=1S/C15H25NO.ClH/c1-6-11(2)14(16)12-7-9-13(10-8-12)17-15(3,4)5;/h7-11,14H,6,16H2,1-5H3;1H/t11?,14-;/m0./s1. The minimum Gasteiger partial charge on any atom is -0.488 e. The number of nitrogens with two attached hydrogens (primary N) is 1. The van der Waals surface area contributed by atoms with E-state index < -0.39 is 0 Å². The van der Waals surface area contributed by atoms with Crippen molar-refractivity contribution in [3.05, 3.63) is 29.8 Å². The van der Waals surface area contributed by atoms with Crippen molar-refractivity contribution in [3.8, 4) is 5.75 Å². The molecule has 1 rings (SSSR count). The van der Waals surface area contributed by atoms with E-state index in [-0.39, 0.29) is 24.0 Å². The molecule has 0 fully saturated rings. The zero-order valence-corrected chi connectivity index (χ0v) is 12.9. The van der Waals surface area contributed by atoms with E-state index in [2.05, 4.69) is 26.0 Å². The van der Waals surface area contributed by atoms with E-state index in [0.29, 0.717) is 5.92 Å². The summed E-state index contributed by atoms with van der Waals surface area (Å²) in [7, 11) is 0. The van der Waals surface area contributed by atoms with Crippen LogP contribution in [0.25, 0.3) is 0 Å². The molecule has 0 aliphatic rings. The summed E-state index contributed by atoms with van der Waals surface area (Å²) in [5.41, 5.74) is 7.21. The third-order valence-corrected chi connectivity index (χ3v) is 2.95. The van der Waals surface area contributed by atoms with Gasteiger partial charge in [0.05, 0.1) is 0 Å². The lowest BCUT2D eigenvalue weighted by molar-refractivity contribution is 0.131. The van der Waals surface area contributed by atoms with Gasteiger partial charge >= 0.3 is 0 Å². The molecule has 0 aliphatic heterocycles. The summed E-state index contributed by atoms with van der Waals surface area (Å²) in [5, 5.41) is 0. The van der Waals surface area contributed by atoms with E-state index >= 15 is 0 Å². The van der Waals surface area contributed by atoms with Crippen molar-refractivity contribution >= 4 is 12.4 Å². The molecule has 0 saturated heterocycles. The molecule has 2 N–H and O–H groups in total. The highest BCUT2D eigenvalue weighted by Crippen LogP contribution is 2.25. The molecule has 1 aromatic rings. The predicted molar refractivity (Wildman–Crippen MR) is 80.5 cm³/mol. The van der Waals surface area contributed by atoms with Crippen LogP contribution >= 0.6 is 12.4 Å². The lowest BCUT2D eigenvalue weighted by Crippen LogP contribution is -2.23. The Bertz CT molecular complexity index is 343. The zero-order chi connectivity index (χ0) is 13.1. The molecule has 0 radical (unpaired) electrons. The minimum absolute atomic E-state index is 0. The number of hydrogen-bond donors (Lipinski definition) is 1. The average molecular weight is 272 g/mol. The largest absolute Gasteiger partial charge is 0.488 e. The van der Waals surface area contributed by atoms with Crippen LogP contribution in [0.2, 0.25) is 0 Å². The first-order chi connectivity index (χ1) is 7.83. The SMILES string of the molecule is CCC(C)[C@H](N)c1ccc(OC(C)(C)C)cc1.Cl. The van der Waals surface area contributed by atoms with E-state index in [1.165, 1.54) is 5.56 Å². The van der Waals surface area contributed by atoms with Crippen molar-refractivity contribution < 1.29 is 4.74 Å². The van der Waals surface area contributed by atoms with Crippen LogP contribution in [0.4, 0.5) is 0 Å². The molecule has 18 heavy (non-hydrogen) atoms. The number of ether oxygens (including phenoxy) is 1. The van der Waals surface area contributed by atoms with Crippen molar-refractivity contribution in [1.29, 1.82) is 0 Å². The Kier molecular flexibility index (Phi) is 6.72. The van der Waals surface area contributed by atoms with Crippen LogP contribution in [0.5, 0.6) is 5.75 Å². The summed E-state index contributed by atoms with van der Waals surface area (Å²) in [5.74, 6) is 1.40. The maximum atomic E-state index is 6.19. The molecule has 1 unspecified atom stereocenters. The van der Waals surface area contributed by atoms with Crippen LogP contribution < -0.4 is 10.5 Å². The fourth-order valence-electron chi connectivity index (χ4n) is 1.69. The topological polar surface area (TPSA) is 35.2 Å². The second kappa shape index (κ2) is 7.01. The van der Waals surface area contributed by atoms with Gasteiger partial charge in [-0.05, 0) is 44.4 Å². The highest BCUT2D eigenvalue weighted by atomic mass is 35.5. The van der Waals surface area contributed by atoms with Crippen LogP contribution in [-0.4, -0.2) is 5.60 Å². The van der Waals surface area contributed by atoms with Crippen molar-refractivity contribution in [3.63, 3.8) is 0 Å². The van der Waals surface area contributed by atoms with Crippen LogP contribution in [-0.2, 0) is 0 Å². The highest BCUT2D eigenvalue weighted by Gasteiger charge is 2.14. The molecule has 3 heteroatoms. The maximum absolute atomic E-state index is 6.19. The average Bonchev–Trinajstić information content (AvgIpc) is 2.26. The van der Waals surface area contributed by atoms with Gasteiger partial charge in [-0.1, -0.05) is 32.4 Å². The summed E-state index contributed by atoms with van der Waals surface area (Å²) >= 11 is 0. The molecule has 0 aliphatic carbocycles. The molecule has 0 spiro atoms. The van der Waals surface area contributed by atoms with E-state index in [0.717, 1.165) is 12.2 Å². The molecule has 0 heterocycles. The molecule has 0 aromatic heterocycles. The third kappa shape index (κ3) is 5.28. The number of halogens is 1. The van der Waals surface area contributed by atoms with Gasteiger partial charge in [0, 0.05) is 6.04 Å². The van der Waals surface area contributed by atoms with Crippen LogP contribution in [0.3, 0.4) is 0 Å². The Morgan fingerprint density at radius 1 is 1.17 bits per heavy atom. The van der Waals surface area contributed by atoms with Gasteiger partial charge in [-0.15, -0.1) is 12.4 Å². The van der Waals surface area contributed by atoms with E-state index in [9.17, 15) is 0 Å². The highest BCUT2D eigenvalue weighted by molar-refractivity contribution is 5.85. The number of hydrogen-bond acceptors (Lipinski definition) is 2. The van der Waals surface area contributed by atoms with Gasteiger partial charge in [0.25, 0.3) is 0 Å². The predicted octanol–water partition coefficient (Wildman–Crippen LogP) is 4.33. The lowest BCUT2D eigenvalue weighted by Gasteiger charge is -2.22. The summed E-state index contributed by atoms with van der Waals surface area (Å²) in [6.07, 6.45) is 1.10. The van der Waals surface area contributed by atoms with Gasteiger partial charge in [0.15, 0.2) is 0 Å². The first kappa shape index (κ1) is 17.3. The van der Waals surface area contributed by atoms with E-state index in [1.54, 1.807) is 0 Å². The Morgan fingerprint density at radius 2 is 1.67 bits per heavy atom. The third-order valence-electron chi connectivity index (χ3n) is 2.95. The molecule has 0 bridgehead atoms. The second-order valence-corrected chi connectivity index (χ2v) is 5.69. The molecule has 0 amide bonds. The van der Waals surface area contributed by atoms with Gasteiger partial charge in [0.2, 0.25) is 0 Å². The summed E-state index contributed by atoms with van der Waals surface area (Å²) < 4.78 is 5.78. The van der Waals surface area contributed by atoms with Crippen LogP contribution in [0.1, 0.15) is 52.6 Å². The smallest absolute Gasteiger partial charge is 0.120 e. The molecular weight excluding hydrogens is 246 g/mol. The van der Waals surface area contributed by atoms with Crippen LogP contribution in [0, 0.1) is 5.92 Å². The second-order valence-electron chi connectivity index (χ2n) is 5.69. The molecule has 0 saturated carbocycles. The van der Waals surface area contributed by atoms with E-state index in [1.807, 2.05) is 32.9 Å². The quantitative estimate of drug-likeness (QED) is 0.885. The van der Waals surface area contributed by atoms with Gasteiger partial charge in [0.1, 0.15) is 11.4 Å². The van der Waals surface area contributed by atoms with Crippen molar-refractivity contribution in [2.75, 3.05) is 0 Å². The normalized spacial score (nSPS) is 14.6. The molecule has 2 nitrogen and oxygen atoms in total. The molecule has 1 aromatic carbocycles. The van der Waals surface area contributed by atoms with Crippen molar-refractivity contribution in [2.45, 2.75) is 52.7 Å². The lowest BCUT2D eigenvalue weighted by atomic mass is 9.93. The maximum Gasteiger partial charge on any atom is 0.120 e. The first-order valence-corrected chi connectivity index (χ1v) is 6.38. The monoisotopic (exact) mass is 271 g/mol. The fraction of sp³-hybridized carbons (Fsp3) is 0.600.